The van der Waals surface area contributed by atoms with E-state index in [1.165, 1.54) is 32.1 Å². The molecule has 17 heavy (non-hydrogen) atoms. The number of aliphatic imine (C=N–C) groups is 1. The highest BCUT2D eigenvalue weighted by molar-refractivity contribution is 6.28. The predicted molar refractivity (Wildman–Crippen MR) is 67.0 cm³/mol. The van der Waals surface area contributed by atoms with Crippen LogP contribution in [0.4, 0.5) is 0 Å². The Bertz CT molecular complexity index is 433. The first-order chi connectivity index (χ1) is 8.33. The van der Waals surface area contributed by atoms with Crippen molar-refractivity contribution in [3.05, 3.63) is 11.1 Å². The zero-order valence-corrected chi connectivity index (χ0v) is 10.4. The van der Waals surface area contributed by atoms with Gasteiger partial charge in [-0.15, -0.1) is 10.2 Å². The van der Waals surface area contributed by atoms with Crippen LogP contribution in [-0.4, -0.2) is 26.8 Å². The summed E-state index contributed by atoms with van der Waals surface area (Å²) in [5.74, 6) is 1.91. The molecule has 1 N–H and O–H groups in total. The number of aryl methyl sites for hydroxylation is 1. The van der Waals surface area contributed by atoms with Crippen LogP contribution >= 0.6 is 11.6 Å². The number of aromatic nitrogens is 3. The van der Waals surface area contributed by atoms with E-state index in [1.54, 1.807) is 4.68 Å². The van der Waals surface area contributed by atoms with Crippen LogP contribution in [0.5, 0.6) is 0 Å². The fourth-order valence-corrected chi connectivity index (χ4v) is 2.68. The number of hydrogen-bond acceptors (Lipinski definition) is 3. The molecule has 0 unspecified atom stereocenters. The number of nitrogens with zero attached hydrogens (tertiary/aromatic N) is 4. The molecule has 1 aromatic heterocycles. The van der Waals surface area contributed by atoms with Crippen LogP contribution in [-0.2, 0) is 6.42 Å². The molecule has 92 valence electrons. The summed E-state index contributed by atoms with van der Waals surface area (Å²) in [4.78, 5) is 4.79. The fourth-order valence-electron chi connectivity index (χ4n) is 2.51. The Morgan fingerprint density at radius 2 is 2.00 bits per heavy atom. The van der Waals surface area contributed by atoms with Crippen molar-refractivity contribution in [3.8, 4) is 0 Å². The number of rotatable bonds is 1. The van der Waals surface area contributed by atoms with Crippen molar-refractivity contribution in [1.29, 1.82) is 0 Å². The zero-order chi connectivity index (χ0) is 11.7. The lowest BCUT2D eigenvalue weighted by Gasteiger charge is -2.22. The number of halogens is 1. The number of fused-ring (bicyclic) bond motifs is 1. The molecule has 1 aromatic rings. The van der Waals surface area contributed by atoms with Gasteiger partial charge in [0.2, 0.25) is 5.28 Å². The monoisotopic (exact) mass is 253 g/mol. The molecular formula is C11H16ClN5. The number of nitrogens with one attached hydrogen (secondary N) is 1. The Hall–Kier alpha value is -1.10. The van der Waals surface area contributed by atoms with Gasteiger partial charge >= 0.3 is 0 Å². The molecule has 3 rings (SSSR count). The third-order valence-corrected chi connectivity index (χ3v) is 3.67. The van der Waals surface area contributed by atoms with Crippen molar-refractivity contribution in [2.45, 2.75) is 51.0 Å². The van der Waals surface area contributed by atoms with E-state index in [0.29, 0.717) is 11.3 Å². The van der Waals surface area contributed by atoms with Gasteiger partial charge in [0.1, 0.15) is 5.84 Å². The van der Waals surface area contributed by atoms with E-state index in [4.69, 9.17) is 16.6 Å². The molecule has 1 saturated carbocycles. The normalized spacial score (nSPS) is 23.5. The van der Waals surface area contributed by atoms with Crippen LogP contribution < -0.4 is 5.43 Å². The first-order valence-corrected chi connectivity index (χ1v) is 6.64. The van der Waals surface area contributed by atoms with Gasteiger partial charge in [-0.05, 0) is 24.4 Å². The second-order valence-corrected chi connectivity index (χ2v) is 5.04. The van der Waals surface area contributed by atoms with Gasteiger partial charge in [0.25, 0.3) is 0 Å². The van der Waals surface area contributed by atoms with E-state index in [0.717, 1.165) is 24.5 Å². The second-order valence-electron chi connectivity index (χ2n) is 4.70. The molecule has 1 aliphatic carbocycles. The first kappa shape index (κ1) is 11.0. The van der Waals surface area contributed by atoms with Gasteiger partial charge in [0.15, 0.2) is 5.82 Å². The van der Waals surface area contributed by atoms with Crippen LogP contribution in [0.15, 0.2) is 4.99 Å². The van der Waals surface area contributed by atoms with Crippen molar-refractivity contribution >= 4 is 17.4 Å². The first-order valence-electron chi connectivity index (χ1n) is 6.26. The van der Waals surface area contributed by atoms with E-state index in [2.05, 4.69) is 15.6 Å². The van der Waals surface area contributed by atoms with Crippen LogP contribution in [0.2, 0.25) is 5.28 Å². The smallest absolute Gasteiger partial charge is 0.244 e. The summed E-state index contributed by atoms with van der Waals surface area (Å²) in [6.07, 6.45) is 8.17. The van der Waals surface area contributed by atoms with Gasteiger partial charge < -0.3 is 0 Å². The molecule has 2 aliphatic rings. The lowest BCUT2D eigenvalue weighted by molar-refractivity contribution is 0.442. The predicted octanol–water partition coefficient (Wildman–Crippen LogP) is 2.15. The van der Waals surface area contributed by atoms with Crippen LogP contribution in [0.25, 0.3) is 0 Å². The maximum absolute atomic E-state index is 5.94. The van der Waals surface area contributed by atoms with Gasteiger partial charge in [-0.3, -0.25) is 10.4 Å². The fraction of sp³-hybridized carbons (Fsp3) is 0.727. The molecular weight excluding hydrogens is 238 g/mol. The summed E-state index contributed by atoms with van der Waals surface area (Å²) >= 11 is 5.94. The summed E-state index contributed by atoms with van der Waals surface area (Å²) in [7, 11) is 0. The summed E-state index contributed by atoms with van der Waals surface area (Å²) in [6.45, 7) is 0. The Kier molecular flexibility index (Phi) is 3.01. The van der Waals surface area contributed by atoms with Crippen LogP contribution in [0, 0.1) is 0 Å². The van der Waals surface area contributed by atoms with E-state index in [9.17, 15) is 0 Å². The van der Waals surface area contributed by atoms with E-state index in [-0.39, 0.29) is 0 Å². The minimum absolute atomic E-state index is 0.385. The summed E-state index contributed by atoms with van der Waals surface area (Å²) in [5, 5.41) is 8.23. The average Bonchev–Trinajstić information content (AvgIpc) is 2.73. The Morgan fingerprint density at radius 1 is 1.18 bits per heavy atom. The maximum atomic E-state index is 5.94. The molecule has 0 saturated heterocycles. The molecule has 1 aliphatic heterocycles. The van der Waals surface area contributed by atoms with Gasteiger partial charge in [0, 0.05) is 12.8 Å². The van der Waals surface area contributed by atoms with Crippen molar-refractivity contribution in [2.75, 3.05) is 5.43 Å². The minimum Gasteiger partial charge on any atom is -0.277 e. The molecule has 2 heterocycles. The number of amidine groups is 1. The van der Waals surface area contributed by atoms with Gasteiger partial charge in [-0.25, -0.2) is 4.68 Å². The molecule has 0 amide bonds. The Morgan fingerprint density at radius 3 is 2.82 bits per heavy atom. The quantitative estimate of drug-likeness (QED) is 0.834. The van der Waals surface area contributed by atoms with Gasteiger partial charge in [-0.2, -0.15) is 0 Å². The highest BCUT2D eigenvalue weighted by atomic mass is 35.5. The minimum atomic E-state index is 0.385. The molecule has 0 aromatic carbocycles. The summed E-state index contributed by atoms with van der Waals surface area (Å²) < 4.78 is 1.73. The van der Waals surface area contributed by atoms with Gasteiger partial charge in [0.05, 0.1) is 6.04 Å². The van der Waals surface area contributed by atoms with E-state index in [1.807, 2.05) is 0 Å². The van der Waals surface area contributed by atoms with Gasteiger partial charge in [-0.1, -0.05) is 19.3 Å². The van der Waals surface area contributed by atoms with Crippen molar-refractivity contribution in [2.24, 2.45) is 4.99 Å². The molecule has 0 bridgehead atoms. The molecule has 6 heteroatoms. The summed E-state index contributed by atoms with van der Waals surface area (Å²) in [5.41, 5.74) is 3.20. The lowest BCUT2D eigenvalue weighted by atomic mass is 9.96. The second kappa shape index (κ2) is 4.64. The number of hydrogen-bond donors (Lipinski definition) is 1. The van der Waals surface area contributed by atoms with Crippen LogP contribution in [0.1, 0.15) is 44.3 Å². The molecule has 1 fully saturated rings. The third kappa shape index (κ3) is 2.29. The zero-order valence-electron chi connectivity index (χ0n) is 9.69. The van der Waals surface area contributed by atoms with Crippen LogP contribution in [0.3, 0.4) is 0 Å². The Balaban J connectivity index is 1.74. The maximum Gasteiger partial charge on any atom is 0.244 e. The van der Waals surface area contributed by atoms with E-state index >= 15 is 0 Å². The highest BCUT2D eigenvalue weighted by Crippen LogP contribution is 2.21. The molecule has 0 spiro atoms. The topological polar surface area (TPSA) is 55.1 Å². The molecule has 0 atom stereocenters. The van der Waals surface area contributed by atoms with Crippen molar-refractivity contribution in [3.63, 3.8) is 0 Å². The Labute approximate surface area is 105 Å². The third-order valence-electron chi connectivity index (χ3n) is 3.43. The average molecular weight is 254 g/mol. The largest absolute Gasteiger partial charge is 0.277 e. The highest BCUT2D eigenvalue weighted by Gasteiger charge is 2.20. The van der Waals surface area contributed by atoms with Crippen molar-refractivity contribution < 1.29 is 0 Å². The molecule has 0 radical (unpaired) electrons. The van der Waals surface area contributed by atoms with Crippen molar-refractivity contribution in [1.82, 2.24) is 14.9 Å². The lowest BCUT2D eigenvalue weighted by Crippen LogP contribution is -2.32. The van der Waals surface area contributed by atoms with E-state index < -0.39 is 0 Å². The molecule has 5 nitrogen and oxygen atoms in total. The SMILES string of the molecule is Clc1nnc2n1NC(=NC1CCCCC1)CC2. The summed E-state index contributed by atoms with van der Waals surface area (Å²) in [6, 6.07) is 0.489. The standard InChI is InChI=1S/C11H16ClN5/c12-11-15-14-10-7-6-9(16-17(10)11)13-8-4-2-1-3-5-8/h8H,1-7H2,(H,13,16).